The number of nitrogens with zero attached hydrogens (tertiary/aromatic N) is 1. The summed E-state index contributed by atoms with van der Waals surface area (Å²) >= 11 is 0. The highest BCUT2D eigenvalue weighted by Gasteiger charge is 2.14. The number of benzene rings is 2. The van der Waals surface area contributed by atoms with Crippen LogP contribution in [0.25, 0.3) is 0 Å². The Hall–Kier alpha value is -2.71. The Labute approximate surface area is 121 Å². The van der Waals surface area contributed by atoms with Gasteiger partial charge in [-0.1, -0.05) is 18.2 Å². The maximum atomic E-state index is 13.5. The minimum absolute atomic E-state index is 0.0975. The van der Waals surface area contributed by atoms with Gasteiger partial charge >= 0.3 is 0 Å². The van der Waals surface area contributed by atoms with Gasteiger partial charge in [0.05, 0.1) is 17.7 Å². The Balaban J connectivity index is 1.97. The molecule has 0 aliphatic rings. The van der Waals surface area contributed by atoms with Crippen molar-refractivity contribution in [3.8, 4) is 6.07 Å². The second-order valence-electron chi connectivity index (χ2n) is 4.44. The Morgan fingerprint density at radius 1 is 1.24 bits per heavy atom. The molecule has 21 heavy (non-hydrogen) atoms. The molecule has 106 valence electrons. The lowest BCUT2D eigenvalue weighted by molar-refractivity contribution is 0.0914. The minimum Gasteiger partial charge on any atom is -0.386 e. The highest BCUT2D eigenvalue weighted by molar-refractivity contribution is 5.94. The third-order valence-corrected chi connectivity index (χ3v) is 3.00. The summed E-state index contributed by atoms with van der Waals surface area (Å²) in [6.45, 7) is -0.0975. The second-order valence-corrected chi connectivity index (χ2v) is 4.44. The molecular weight excluding hydrogens is 271 g/mol. The van der Waals surface area contributed by atoms with Crippen molar-refractivity contribution in [1.29, 1.82) is 5.26 Å². The number of hydrogen-bond donors (Lipinski definition) is 2. The summed E-state index contributed by atoms with van der Waals surface area (Å²) in [6.07, 6.45) is -1.12. The number of hydrogen-bond acceptors (Lipinski definition) is 3. The van der Waals surface area contributed by atoms with Crippen molar-refractivity contribution in [2.24, 2.45) is 0 Å². The van der Waals surface area contributed by atoms with Crippen molar-refractivity contribution in [1.82, 2.24) is 5.32 Å². The van der Waals surface area contributed by atoms with Crippen LogP contribution >= 0.6 is 0 Å². The molecule has 5 heteroatoms. The van der Waals surface area contributed by atoms with Crippen molar-refractivity contribution < 1.29 is 14.3 Å². The summed E-state index contributed by atoms with van der Waals surface area (Å²) in [4.78, 5) is 11.9. The molecule has 0 heterocycles. The number of aliphatic hydroxyl groups is 1. The largest absolute Gasteiger partial charge is 0.386 e. The van der Waals surface area contributed by atoms with Crippen LogP contribution in [0.4, 0.5) is 4.39 Å². The SMILES string of the molecule is N#Cc1ccc(C(=O)NCC(O)c2ccccc2F)cc1. The molecule has 0 saturated heterocycles. The van der Waals surface area contributed by atoms with Gasteiger partial charge in [0.1, 0.15) is 5.82 Å². The molecule has 0 saturated carbocycles. The van der Waals surface area contributed by atoms with Crippen LogP contribution in [-0.4, -0.2) is 17.6 Å². The molecule has 0 aromatic heterocycles. The van der Waals surface area contributed by atoms with E-state index in [0.29, 0.717) is 11.1 Å². The van der Waals surface area contributed by atoms with E-state index in [2.05, 4.69) is 5.32 Å². The van der Waals surface area contributed by atoms with Crippen molar-refractivity contribution in [3.05, 3.63) is 71.0 Å². The summed E-state index contributed by atoms with van der Waals surface area (Å²) in [5, 5.41) is 21.1. The number of carbonyl (C=O) groups excluding carboxylic acids is 1. The third kappa shape index (κ3) is 3.65. The fourth-order valence-electron chi connectivity index (χ4n) is 1.84. The molecule has 2 rings (SSSR count). The second kappa shape index (κ2) is 6.64. The standard InChI is InChI=1S/C16H13FN2O2/c17-14-4-2-1-3-13(14)15(20)10-19-16(21)12-7-5-11(9-18)6-8-12/h1-8,15,20H,10H2,(H,19,21). The average molecular weight is 284 g/mol. The predicted octanol–water partition coefficient (Wildman–Crippen LogP) is 2.16. The van der Waals surface area contributed by atoms with Crippen LogP contribution in [0.5, 0.6) is 0 Å². The van der Waals surface area contributed by atoms with Gasteiger partial charge in [-0.3, -0.25) is 4.79 Å². The topological polar surface area (TPSA) is 73.1 Å². The van der Waals surface area contributed by atoms with Crippen molar-refractivity contribution in [2.45, 2.75) is 6.10 Å². The zero-order chi connectivity index (χ0) is 15.2. The molecule has 2 N–H and O–H groups in total. The number of halogens is 1. The van der Waals surface area contributed by atoms with Crippen LogP contribution in [0, 0.1) is 17.1 Å². The van der Waals surface area contributed by atoms with Crippen LogP contribution in [0.2, 0.25) is 0 Å². The highest BCUT2D eigenvalue weighted by atomic mass is 19.1. The first-order valence-corrected chi connectivity index (χ1v) is 6.32. The van der Waals surface area contributed by atoms with E-state index in [9.17, 15) is 14.3 Å². The zero-order valence-electron chi connectivity index (χ0n) is 11.1. The molecule has 0 aliphatic carbocycles. The Bertz CT molecular complexity index is 677. The lowest BCUT2D eigenvalue weighted by atomic mass is 10.1. The molecule has 0 bridgehead atoms. The van der Waals surface area contributed by atoms with Gasteiger partial charge in [-0.25, -0.2) is 4.39 Å². The third-order valence-electron chi connectivity index (χ3n) is 3.00. The number of aliphatic hydroxyl groups excluding tert-OH is 1. The number of carbonyl (C=O) groups is 1. The van der Waals surface area contributed by atoms with Gasteiger partial charge in [-0.2, -0.15) is 5.26 Å². The van der Waals surface area contributed by atoms with Crippen LogP contribution < -0.4 is 5.32 Å². The van der Waals surface area contributed by atoms with Crippen molar-refractivity contribution >= 4 is 5.91 Å². The summed E-state index contributed by atoms with van der Waals surface area (Å²) < 4.78 is 13.5. The molecule has 0 fully saturated rings. The van der Waals surface area contributed by atoms with Crippen LogP contribution in [-0.2, 0) is 0 Å². The monoisotopic (exact) mass is 284 g/mol. The van der Waals surface area contributed by atoms with Crippen molar-refractivity contribution in [2.75, 3.05) is 6.54 Å². The molecule has 1 amide bonds. The number of rotatable bonds is 4. The van der Waals surface area contributed by atoms with Crippen molar-refractivity contribution in [3.63, 3.8) is 0 Å². The first-order valence-electron chi connectivity index (χ1n) is 6.32. The van der Waals surface area contributed by atoms with E-state index >= 15 is 0 Å². The molecule has 0 spiro atoms. The summed E-state index contributed by atoms with van der Waals surface area (Å²) in [5.74, 6) is -0.910. The molecule has 2 aromatic carbocycles. The van der Waals surface area contributed by atoms with E-state index in [1.54, 1.807) is 6.07 Å². The molecule has 0 radical (unpaired) electrons. The Morgan fingerprint density at radius 3 is 2.52 bits per heavy atom. The average Bonchev–Trinajstić information content (AvgIpc) is 2.52. The lowest BCUT2D eigenvalue weighted by Crippen LogP contribution is -2.28. The summed E-state index contributed by atoms with van der Waals surface area (Å²) in [5.41, 5.74) is 0.963. The quantitative estimate of drug-likeness (QED) is 0.903. The van der Waals surface area contributed by atoms with E-state index in [-0.39, 0.29) is 12.1 Å². The van der Waals surface area contributed by atoms with Gasteiger partial charge in [0.25, 0.3) is 5.91 Å². The van der Waals surface area contributed by atoms with Crippen LogP contribution in [0.1, 0.15) is 27.6 Å². The maximum Gasteiger partial charge on any atom is 0.251 e. The Morgan fingerprint density at radius 2 is 1.90 bits per heavy atom. The van der Waals surface area contributed by atoms with Gasteiger partial charge in [-0.15, -0.1) is 0 Å². The fraction of sp³-hybridized carbons (Fsp3) is 0.125. The first kappa shape index (κ1) is 14.7. The lowest BCUT2D eigenvalue weighted by Gasteiger charge is -2.13. The van der Waals surface area contributed by atoms with E-state index in [4.69, 9.17) is 5.26 Å². The zero-order valence-corrected chi connectivity index (χ0v) is 11.1. The predicted molar refractivity (Wildman–Crippen MR) is 74.9 cm³/mol. The van der Waals surface area contributed by atoms with E-state index in [1.807, 2.05) is 6.07 Å². The van der Waals surface area contributed by atoms with Gasteiger partial charge in [0, 0.05) is 17.7 Å². The molecule has 4 nitrogen and oxygen atoms in total. The van der Waals surface area contributed by atoms with Crippen LogP contribution in [0.3, 0.4) is 0 Å². The molecule has 1 atom stereocenters. The van der Waals surface area contributed by atoms with Gasteiger partial charge in [0.2, 0.25) is 0 Å². The maximum absolute atomic E-state index is 13.5. The van der Waals surface area contributed by atoms with E-state index in [1.165, 1.54) is 42.5 Å². The fourth-order valence-corrected chi connectivity index (χ4v) is 1.84. The summed E-state index contributed by atoms with van der Waals surface area (Å²) in [7, 11) is 0. The number of nitrogens with one attached hydrogen (secondary N) is 1. The Kier molecular flexibility index (Phi) is 4.64. The molecule has 0 aliphatic heterocycles. The summed E-state index contributed by atoms with van der Waals surface area (Å²) in [6, 6.07) is 13.9. The van der Waals surface area contributed by atoms with Gasteiger partial charge in [-0.05, 0) is 30.3 Å². The number of nitriles is 1. The molecule has 2 aromatic rings. The van der Waals surface area contributed by atoms with E-state index in [0.717, 1.165) is 0 Å². The smallest absolute Gasteiger partial charge is 0.251 e. The first-order chi connectivity index (χ1) is 10.1. The normalized spacial score (nSPS) is 11.5. The van der Waals surface area contributed by atoms with Gasteiger partial charge < -0.3 is 10.4 Å². The van der Waals surface area contributed by atoms with Gasteiger partial charge in [0.15, 0.2) is 0 Å². The van der Waals surface area contributed by atoms with E-state index < -0.39 is 17.8 Å². The highest BCUT2D eigenvalue weighted by Crippen LogP contribution is 2.15. The molecule has 1 unspecified atom stereocenters. The number of amides is 1. The van der Waals surface area contributed by atoms with Crippen LogP contribution in [0.15, 0.2) is 48.5 Å². The molecular formula is C16H13FN2O2. The minimum atomic E-state index is -1.12.